The topological polar surface area (TPSA) is 67.4 Å². The van der Waals surface area contributed by atoms with E-state index in [-0.39, 0.29) is 23.8 Å². The monoisotopic (exact) mass is 430 g/mol. The van der Waals surface area contributed by atoms with Gasteiger partial charge in [0, 0.05) is 17.8 Å². The number of amides is 2. The van der Waals surface area contributed by atoms with Crippen LogP contribution in [0.5, 0.6) is 5.75 Å². The van der Waals surface area contributed by atoms with Crippen molar-refractivity contribution in [1.29, 1.82) is 0 Å². The van der Waals surface area contributed by atoms with Gasteiger partial charge in [-0.15, -0.1) is 0 Å². The van der Waals surface area contributed by atoms with Gasteiger partial charge >= 0.3 is 0 Å². The van der Waals surface area contributed by atoms with Crippen LogP contribution in [-0.4, -0.2) is 18.4 Å². The van der Waals surface area contributed by atoms with Gasteiger partial charge in [0.2, 0.25) is 0 Å². The third kappa shape index (κ3) is 6.45. The quantitative estimate of drug-likeness (QED) is 0.483. The molecule has 5 nitrogen and oxygen atoms in total. The second-order valence-corrected chi connectivity index (χ2v) is 8.35. The molecule has 0 bridgehead atoms. The van der Waals surface area contributed by atoms with Crippen LogP contribution >= 0.6 is 0 Å². The molecule has 0 fully saturated rings. The summed E-state index contributed by atoms with van der Waals surface area (Å²) in [5.41, 5.74) is 3.39. The summed E-state index contributed by atoms with van der Waals surface area (Å²) in [4.78, 5) is 24.8. The van der Waals surface area contributed by atoms with Crippen LogP contribution < -0.4 is 15.4 Å². The molecule has 3 aromatic rings. The highest BCUT2D eigenvalue weighted by molar-refractivity contribution is 5.97. The van der Waals surface area contributed by atoms with Gasteiger partial charge in [-0.25, -0.2) is 0 Å². The summed E-state index contributed by atoms with van der Waals surface area (Å²) < 4.78 is 5.62. The molecule has 2 amide bonds. The van der Waals surface area contributed by atoms with Crippen molar-refractivity contribution in [3.05, 3.63) is 95.6 Å². The molecule has 0 aliphatic heterocycles. The van der Waals surface area contributed by atoms with Gasteiger partial charge in [0.1, 0.15) is 5.75 Å². The second kappa shape index (κ2) is 10.6. The van der Waals surface area contributed by atoms with Crippen molar-refractivity contribution < 1.29 is 14.3 Å². The summed E-state index contributed by atoms with van der Waals surface area (Å²) in [6.07, 6.45) is 1.04. The Morgan fingerprint density at radius 2 is 1.62 bits per heavy atom. The van der Waals surface area contributed by atoms with Crippen molar-refractivity contribution in [2.45, 2.75) is 39.2 Å². The van der Waals surface area contributed by atoms with Crippen LogP contribution in [0.15, 0.2) is 78.9 Å². The predicted molar refractivity (Wildman–Crippen MR) is 128 cm³/mol. The van der Waals surface area contributed by atoms with E-state index in [9.17, 15) is 9.59 Å². The Bertz CT molecular complexity index is 1040. The highest BCUT2D eigenvalue weighted by Crippen LogP contribution is 2.28. The van der Waals surface area contributed by atoms with Crippen molar-refractivity contribution in [3.63, 3.8) is 0 Å². The zero-order valence-electron chi connectivity index (χ0n) is 18.9. The summed E-state index contributed by atoms with van der Waals surface area (Å²) in [5.74, 6) is 0.158. The lowest BCUT2D eigenvalue weighted by Gasteiger charge is -2.23. The summed E-state index contributed by atoms with van der Waals surface area (Å²) in [7, 11) is 0. The van der Waals surface area contributed by atoms with Crippen LogP contribution in [0.1, 0.15) is 48.7 Å². The molecule has 0 aliphatic carbocycles. The third-order valence-corrected chi connectivity index (χ3v) is 5.59. The predicted octanol–water partition coefficient (Wildman–Crippen LogP) is 5.32. The lowest BCUT2D eigenvalue weighted by atomic mass is 9.82. The van der Waals surface area contributed by atoms with Crippen LogP contribution in [0.2, 0.25) is 0 Å². The van der Waals surface area contributed by atoms with E-state index in [1.54, 1.807) is 24.3 Å². The highest BCUT2D eigenvalue weighted by Gasteiger charge is 2.17. The molecule has 0 heterocycles. The number of carbonyl (C=O) groups excluding carboxylic acids is 2. The summed E-state index contributed by atoms with van der Waals surface area (Å²) in [6.45, 7) is 6.90. The van der Waals surface area contributed by atoms with E-state index in [0.29, 0.717) is 23.5 Å². The standard InChI is InChI=1S/C27H30N2O3/c1-4-27(2,3)22-13-15-24(16-14-22)32-19-25(30)29-23-12-8-11-21(17-23)26(31)28-18-20-9-6-5-7-10-20/h5-17H,4,18-19H2,1-3H3,(H,28,31)(H,29,30). The summed E-state index contributed by atoms with van der Waals surface area (Å²) >= 11 is 0. The van der Waals surface area contributed by atoms with Crippen LogP contribution in [0.4, 0.5) is 5.69 Å². The average molecular weight is 431 g/mol. The van der Waals surface area contributed by atoms with Crippen molar-refractivity contribution in [1.82, 2.24) is 5.32 Å². The molecule has 3 rings (SSSR count). The maximum Gasteiger partial charge on any atom is 0.262 e. The van der Waals surface area contributed by atoms with E-state index in [2.05, 4.69) is 31.4 Å². The van der Waals surface area contributed by atoms with Gasteiger partial charge in [-0.1, -0.05) is 69.3 Å². The number of hydrogen-bond donors (Lipinski definition) is 2. The van der Waals surface area contributed by atoms with Gasteiger partial charge in [0.05, 0.1) is 0 Å². The van der Waals surface area contributed by atoms with Gasteiger partial charge in [0.15, 0.2) is 6.61 Å². The first-order valence-electron chi connectivity index (χ1n) is 10.8. The molecular formula is C27H30N2O3. The summed E-state index contributed by atoms with van der Waals surface area (Å²) in [5, 5.41) is 5.67. The smallest absolute Gasteiger partial charge is 0.262 e. The summed E-state index contributed by atoms with van der Waals surface area (Å²) in [6, 6.07) is 24.4. The minimum Gasteiger partial charge on any atom is -0.484 e. The molecule has 5 heteroatoms. The Hall–Kier alpha value is -3.60. The molecule has 0 unspecified atom stereocenters. The van der Waals surface area contributed by atoms with Crippen LogP contribution in [0, 0.1) is 0 Å². The van der Waals surface area contributed by atoms with Gasteiger partial charge in [0.25, 0.3) is 11.8 Å². The number of anilines is 1. The minimum absolute atomic E-state index is 0.105. The van der Waals surface area contributed by atoms with Gasteiger partial charge in [-0.3, -0.25) is 9.59 Å². The lowest BCUT2D eigenvalue weighted by molar-refractivity contribution is -0.118. The molecule has 0 atom stereocenters. The average Bonchev–Trinajstić information content (AvgIpc) is 2.82. The van der Waals surface area contributed by atoms with Crippen LogP contribution in [0.25, 0.3) is 0 Å². The zero-order chi connectivity index (χ0) is 23.0. The normalized spacial score (nSPS) is 11.0. The molecule has 2 N–H and O–H groups in total. The van der Waals surface area contributed by atoms with E-state index >= 15 is 0 Å². The van der Waals surface area contributed by atoms with Crippen LogP contribution in [0.3, 0.4) is 0 Å². The SMILES string of the molecule is CCC(C)(C)c1ccc(OCC(=O)Nc2cccc(C(=O)NCc3ccccc3)c2)cc1. The maximum atomic E-state index is 12.4. The number of benzene rings is 3. The number of carbonyl (C=O) groups is 2. The lowest BCUT2D eigenvalue weighted by Crippen LogP contribution is -2.23. The van der Waals surface area contributed by atoms with E-state index in [1.165, 1.54) is 5.56 Å². The van der Waals surface area contributed by atoms with E-state index in [0.717, 1.165) is 12.0 Å². The number of rotatable bonds is 9. The van der Waals surface area contributed by atoms with E-state index in [4.69, 9.17) is 4.74 Å². The molecule has 166 valence electrons. The molecule has 0 radical (unpaired) electrons. The van der Waals surface area contributed by atoms with E-state index in [1.807, 2.05) is 54.6 Å². The Balaban J connectivity index is 1.51. The maximum absolute atomic E-state index is 12.4. The molecule has 0 aliphatic rings. The zero-order valence-corrected chi connectivity index (χ0v) is 18.9. The minimum atomic E-state index is -0.287. The Kier molecular flexibility index (Phi) is 7.66. The van der Waals surface area contributed by atoms with Crippen molar-refractivity contribution >= 4 is 17.5 Å². The Morgan fingerprint density at radius 1 is 0.906 bits per heavy atom. The largest absolute Gasteiger partial charge is 0.484 e. The van der Waals surface area contributed by atoms with E-state index < -0.39 is 0 Å². The second-order valence-electron chi connectivity index (χ2n) is 8.35. The molecule has 0 spiro atoms. The van der Waals surface area contributed by atoms with Gasteiger partial charge in [-0.2, -0.15) is 0 Å². The Morgan fingerprint density at radius 3 is 2.31 bits per heavy atom. The van der Waals surface area contributed by atoms with Crippen molar-refractivity contribution in [3.8, 4) is 5.75 Å². The fourth-order valence-corrected chi connectivity index (χ4v) is 3.17. The number of hydrogen-bond acceptors (Lipinski definition) is 3. The third-order valence-electron chi connectivity index (χ3n) is 5.59. The molecule has 32 heavy (non-hydrogen) atoms. The first-order chi connectivity index (χ1) is 15.4. The van der Waals surface area contributed by atoms with Crippen molar-refractivity contribution in [2.24, 2.45) is 0 Å². The fourth-order valence-electron chi connectivity index (χ4n) is 3.17. The first kappa shape index (κ1) is 23.1. The van der Waals surface area contributed by atoms with Crippen LogP contribution in [-0.2, 0) is 16.8 Å². The fraction of sp³-hybridized carbons (Fsp3) is 0.259. The van der Waals surface area contributed by atoms with Crippen molar-refractivity contribution in [2.75, 3.05) is 11.9 Å². The van der Waals surface area contributed by atoms with Gasteiger partial charge in [-0.05, 0) is 53.3 Å². The molecule has 0 aromatic heterocycles. The Labute approximate surface area is 189 Å². The van der Waals surface area contributed by atoms with Gasteiger partial charge < -0.3 is 15.4 Å². The molecule has 3 aromatic carbocycles. The molecular weight excluding hydrogens is 400 g/mol. The molecule has 0 saturated carbocycles. The molecule has 0 saturated heterocycles. The number of nitrogens with one attached hydrogen (secondary N) is 2. The first-order valence-corrected chi connectivity index (χ1v) is 10.8. The number of ether oxygens (including phenoxy) is 1. The highest BCUT2D eigenvalue weighted by atomic mass is 16.5.